The Morgan fingerprint density at radius 3 is 2.81 bits per heavy atom. The van der Waals surface area contributed by atoms with Gasteiger partial charge in [-0.15, -0.1) is 0 Å². The number of methoxy groups -OCH3 is 1. The van der Waals surface area contributed by atoms with Crippen LogP contribution < -0.4 is 31.1 Å². The van der Waals surface area contributed by atoms with Crippen LogP contribution in [0.3, 0.4) is 0 Å². The van der Waals surface area contributed by atoms with Crippen LogP contribution in [0.1, 0.15) is 32.1 Å². The Labute approximate surface area is 124 Å². The second-order valence-electron chi connectivity index (χ2n) is 5.66. The molecule has 1 aliphatic heterocycles. The molecule has 6 heteroatoms. The van der Waals surface area contributed by atoms with E-state index in [1.807, 2.05) is 24.3 Å². The third-order valence-corrected chi connectivity index (χ3v) is 4.04. The van der Waals surface area contributed by atoms with Gasteiger partial charge in [0.25, 0.3) is 0 Å². The minimum Gasteiger partial charge on any atom is -0.497 e. The highest BCUT2D eigenvalue weighted by Gasteiger charge is 2.38. The Morgan fingerprint density at radius 1 is 1.24 bits per heavy atom. The van der Waals surface area contributed by atoms with E-state index in [1.165, 1.54) is 19.3 Å². The normalized spacial score (nSPS) is 20.2. The Kier molecular flexibility index (Phi) is 3.68. The van der Waals surface area contributed by atoms with Crippen molar-refractivity contribution < 1.29 is 14.7 Å². The molecule has 0 bridgehead atoms. The summed E-state index contributed by atoms with van der Waals surface area (Å²) >= 11 is 0. The topological polar surface area (TPSA) is 87.2 Å². The van der Waals surface area contributed by atoms with Crippen molar-refractivity contribution in [2.45, 2.75) is 37.8 Å². The maximum Gasteiger partial charge on any atom is 0.361 e. The molecule has 112 valence electrons. The first-order valence-corrected chi connectivity index (χ1v) is 7.43. The molecular formula is C15H23N5O+2. The van der Waals surface area contributed by atoms with Crippen molar-refractivity contribution in [1.82, 2.24) is 5.32 Å². The number of nitrogens with one attached hydrogen (secondary N) is 4. The lowest BCUT2D eigenvalue weighted by molar-refractivity contribution is -0.803. The predicted molar refractivity (Wildman–Crippen MR) is 81.7 cm³/mol. The van der Waals surface area contributed by atoms with Crippen molar-refractivity contribution in [3.63, 3.8) is 0 Å². The van der Waals surface area contributed by atoms with E-state index >= 15 is 0 Å². The first kappa shape index (κ1) is 13.7. The van der Waals surface area contributed by atoms with E-state index in [0.717, 1.165) is 30.2 Å². The molecule has 1 spiro atoms. The van der Waals surface area contributed by atoms with Crippen LogP contribution >= 0.6 is 0 Å². The smallest absolute Gasteiger partial charge is 0.361 e. The van der Waals surface area contributed by atoms with Crippen LogP contribution in [0.15, 0.2) is 24.3 Å². The van der Waals surface area contributed by atoms with Gasteiger partial charge in [-0.25, -0.2) is 15.3 Å². The van der Waals surface area contributed by atoms with Gasteiger partial charge in [-0.05, 0) is 25.0 Å². The minimum atomic E-state index is -0.130. The molecule has 6 N–H and O–H groups in total. The molecule has 2 aliphatic rings. The second-order valence-corrected chi connectivity index (χ2v) is 5.66. The maximum atomic E-state index is 6.01. The van der Waals surface area contributed by atoms with Crippen molar-refractivity contribution in [3.05, 3.63) is 24.3 Å². The average Bonchev–Trinajstić information content (AvgIpc) is 2.47. The summed E-state index contributed by atoms with van der Waals surface area (Å²) in [6.07, 6.45) is 5.84. The van der Waals surface area contributed by atoms with Gasteiger partial charge in [0.05, 0.1) is 7.11 Å². The van der Waals surface area contributed by atoms with Crippen LogP contribution in [0.25, 0.3) is 0 Å². The van der Waals surface area contributed by atoms with E-state index < -0.39 is 0 Å². The molecule has 1 aromatic rings. The summed E-state index contributed by atoms with van der Waals surface area (Å²) < 4.78 is 5.24. The maximum absolute atomic E-state index is 6.01. The van der Waals surface area contributed by atoms with Gasteiger partial charge >= 0.3 is 11.9 Å². The van der Waals surface area contributed by atoms with E-state index in [4.69, 9.17) is 10.5 Å². The SMILES string of the molecule is COc1cccc(NC2=[NH+]C3(CCCCC3)[NH+]=C(N)N2)c1. The number of hydrogen-bond acceptors (Lipinski definition) is 4. The standard InChI is InChI=1S/C15H21N5O/c1-21-12-7-5-6-11(10-12)17-14-18-13(16)19-15(20-14)8-3-2-4-9-15/h5-7,10H,2-4,8-9H2,1H3,(H4,16,17,18,19,20)/p+2. The molecule has 1 aromatic carbocycles. The molecule has 0 aromatic heterocycles. The second kappa shape index (κ2) is 5.63. The summed E-state index contributed by atoms with van der Waals surface area (Å²) in [5, 5.41) is 6.44. The summed E-state index contributed by atoms with van der Waals surface area (Å²) in [7, 11) is 1.66. The fourth-order valence-corrected chi connectivity index (χ4v) is 3.04. The monoisotopic (exact) mass is 289 g/mol. The summed E-state index contributed by atoms with van der Waals surface area (Å²) in [5.74, 6) is 2.21. The highest BCUT2D eigenvalue weighted by atomic mass is 16.5. The van der Waals surface area contributed by atoms with Gasteiger partial charge in [0.15, 0.2) is 0 Å². The number of ether oxygens (including phenoxy) is 1. The van der Waals surface area contributed by atoms with E-state index in [2.05, 4.69) is 20.6 Å². The molecule has 3 rings (SSSR count). The first-order chi connectivity index (χ1) is 10.2. The van der Waals surface area contributed by atoms with Crippen LogP contribution in [0.4, 0.5) is 5.69 Å². The van der Waals surface area contributed by atoms with Gasteiger partial charge in [-0.2, -0.15) is 5.32 Å². The molecule has 1 heterocycles. The Balaban J connectivity index is 1.81. The lowest BCUT2D eigenvalue weighted by Crippen LogP contribution is -3.15. The van der Waals surface area contributed by atoms with Gasteiger partial charge in [-0.1, -0.05) is 12.5 Å². The fraction of sp³-hybridized carbons (Fsp3) is 0.467. The van der Waals surface area contributed by atoms with Gasteiger partial charge in [0.2, 0.25) is 5.66 Å². The van der Waals surface area contributed by atoms with E-state index in [-0.39, 0.29) is 5.66 Å². The third kappa shape index (κ3) is 3.09. The highest BCUT2D eigenvalue weighted by molar-refractivity contribution is 6.00. The number of nitrogens with two attached hydrogens (primary N) is 1. The fourth-order valence-electron chi connectivity index (χ4n) is 3.04. The summed E-state index contributed by atoms with van der Waals surface area (Å²) in [4.78, 5) is 6.88. The number of benzene rings is 1. The molecule has 1 aliphatic carbocycles. The average molecular weight is 289 g/mol. The highest BCUT2D eigenvalue weighted by Crippen LogP contribution is 2.19. The van der Waals surface area contributed by atoms with Crippen LogP contribution in [0.5, 0.6) is 5.75 Å². The molecule has 0 saturated heterocycles. The van der Waals surface area contributed by atoms with Gasteiger partial charge in [0.1, 0.15) is 11.4 Å². The Hall–Kier alpha value is -2.24. The lowest BCUT2D eigenvalue weighted by atomic mass is 9.90. The van der Waals surface area contributed by atoms with Crippen LogP contribution in [-0.2, 0) is 0 Å². The minimum absolute atomic E-state index is 0.130. The van der Waals surface area contributed by atoms with Gasteiger partial charge in [-0.3, -0.25) is 5.73 Å². The number of guanidine groups is 2. The number of anilines is 1. The van der Waals surface area contributed by atoms with Crippen LogP contribution in [0.2, 0.25) is 0 Å². The Morgan fingerprint density at radius 2 is 2.05 bits per heavy atom. The number of rotatable bonds is 2. The molecule has 1 fully saturated rings. The quantitative estimate of drug-likeness (QED) is 0.445. The van der Waals surface area contributed by atoms with Gasteiger partial charge < -0.3 is 4.74 Å². The van der Waals surface area contributed by atoms with E-state index in [1.54, 1.807) is 7.11 Å². The van der Waals surface area contributed by atoms with Crippen molar-refractivity contribution >= 4 is 17.6 Å². The lowest BCUT2D eigenvalue weighted by Gasteiger charge is -2.30. The molecule has 0 unspecified atom stereocenters. The molecule has 6 nitrogen and oxygen atoms in total. The zero-order valence-corrected chi connectivity index (χ0v) is 12.3. The van der Waals surface area contributed by atoms with Gasteiger partial charge in [0, 0.05) is 18.9 Å². The van der Waals surface area contributed by atoms with E-state index in [0.29, 0.717) is 5.96 Å². The number of hydrogen-bond donors (Lipinski definition) is 5. The van der Waals surface area contributed by atoms with Crippen LogP contribution in [0, 0.1) is 0 Å². The van der Waals surface area contributed by atoms with Crippen molar-refractivity contribution in [3.8, 4) is 5.75 Å². The summed E-state index contributed by atoms with van der Waals surface area (Å²) in [6.45, 7) is 0. The molecule has 0 radical (unpaired) electrons. The molecule has 0 atom stereocenters. The molecule has 0 amide bonds. The van der Waals surface area contributed by atoms with Crippen molar-refractivity contribution in [2.24, 2.45) is 5.73 Å². The van der Waals surface area contributed by atoms with Crippen molar-refractivity contribution in [1.29, 1.82) is 0 Å². The summed E-state index contributed by atoms with van der Waals surface area (Å²) in [6, 6.07) is 7.81. The summed E-state index contributed by atoms with van der Waals surface area (Å²) in [5.41, 5.74) is 6.83. The zero-order valence-electron chi connectivity index (χ0n) is 12.3. The van der Waals surface area contributed by atoms with Crippen molar-refractivity contribution in [2.75, 3.05) is 12.4 Å². The Bertz CT molecular complexity index is 575. The zero-order chi connectivity index (χ0) is 14.7. The van der Waals surface area contributed by atoms with Crippen LogP contribution in [-0.4, -0.2) is 24.7 Å². The van der Waals surface area contributed by atoms with E-state index in [9.17, 15) is 0 Å². The first-order valence-electron chi connectivity index (χ1n) is 7.43. The predicted octanol–water partition coefficient (Wildman–Crippen LogP) is -1.80. The molecular weight excluding hydrogens is 266 g/mol. The largest absolute Gasteiger partial charge is 0.497 e. The molecule has 1 saturated carbocycles. The molecule has 21 heavy (non-hydrogen) atoms. The third-order valence-electron chi connectivity index (χ3n) is 4.04.